The van der Waals surface area contributed by atoms with E-state index in [1.165, 1.54) is 18.4 Å². The number of nitrogens with zero attached hydrogens (tertiary/aromatic N) is 1. The molecule has 0 radical (unpaired) electrons. The lowest BCUT2D eigenvalue weighted by Gasteiger charge is -2.02. The van der Waals surface area contributed by atoms with Gasteiger partial charge in [-0.15, -0.1) is 11.3 Å². The Morgan fingerprint density at radius 2 is 2.31 bits per heavy atom. The molecule has 16 heavy (non-hydrogen) atoms. The summed E-state index contributed by atoms with van der Waals surface area (Å²) in [5.74, 6) is -0.444. The summed E-state index contributed by atoms with van der Waals surface area (Å²) in [6, 6.07) is 5.26. The Kier molecular flexibility index (Phi) is 2.87. The number of aromatic carboxylic acids is 1. The number of methoxy groups -OCH3 is 1. The van der Waals surface area contributed by atoms with Gasteiger partial charge >= 0.3 is 5.97 Å². The molecular formula is C11H9NO3S. The zero-order valence-electron chi connectivity index (χ0n) is 8.51. The molecule has 0 bridgehead atoms. The van der Waals surface area contributed by atoms with Crippen LogP contribution < -0.4 is 4.74 Å². The number of aromatic nitrogens is 1. The van der Waals surface area contributed by atoms with Gasteiger partial charge in [-0.25, -0.2) is 9.78 Å². The summed E-state index contributed by atoms with van der Waals surface area (Å²) < 4.78 is 5.00. The molecule has 0 amide bonds. The molecule has 2 rings (SSSR count). The summed E-state index contributed by atoms with van der Waals surface area (Å²) >= 11 is 1.21. The predicted octanol–water partition coefficient (Wildman–Crippen LogP) is 2.52. The van der Waals surface area contributed by atoms with Crippen molar-refractivity contribution in [2.45, 2.75) is 0 Å². The second-order valence-corrected chi connectivity index (χ2v) is 3.97. The molecule has 1 N–H and O–H groups in total. The highest BCUT2D eigenvalue weighted by molar-refractivity contribution is 7.12. The standard InChI is InChI=1S/C11H9NO3S/c1-15-9-6-7(2-4-12-9)8-3-5-16-10(8)11(13)14/h2-6H,1H3,(H,13,14). The maximum Gasteiger partial charge on any atom is 0.346 e. The third-order valence-corrected chi connectivity index (χ3v) is 3.02. The van der Waals surface area contributed by atoms with Crippen LogP contribution in [0.25, 0.3) is 11.1 Å². The summed E-state index contributed by atoms with van der Waals surface area (Å²) in [5.41, 5.74) is 1.49. The number of carbonyl (C=O) groups is 1. The van der Waals surface area contributed by atoms with Gasteiger partial charge in [-0.1, -0.05) is 0 Å². The first-order valence-electron chi connectivity index (χ1n) is 4.53. The number of ether oxygens (including phenoxy) is 1. The van der Waals surface area contributed by atoms with Crippen LogP contribution in [0.4, 0.5) is 0 Å². The Morgan fingerprint density at radius 1 is 1.50 bits per heavy atom. The van der Waals surface area contributed by atoms with Crippen molar-refractivity contribution in [1.29, 1.82) is 0 Å². The molecule has 82 valence electrons. The molecule has 2 aromatic rings. The van der Waals surface area contributed by atoms with Crippen LogP contribution in [-0.2, 0) is 0 Å². The second kappa shape index (κ2) is 4.32. The van der Waals surface area contributed by atoms with Crippen LogP contribution in [0.5, 0.6) is 5.88 Å². The molecular weight excluding hydrogens is 226 g/mol. The Bertz CT molecular complexity index is 521. The first kappa shape index (κ1) is 10.6. The summed E-state index contributed by atoms with van der Waals surface area (Å²) in [5, 5.41) is 10.8. The lowest BCUT2D eigenvalue weighted by atomic mass is 10.1. The summed E-state index contributed by atoms with van der Waals surface area (Å²) in [4.78, 5) is 15.3. The van der Waals surface area contributed by atoms with Gasteiger partial charge in [-0.3, -0.25) is 0 Å². The van der Waals surface area contributed by atoms with Crippen molar-refractivity contribution in [3.63, 3.8) is 0 Å². The highest BCUT2D eigenvalue weighted by atomic mass is 32.1. The van der Waals surface area contributed by atoms with Gasteiger partial charge < -0.3 is 9.84 Å². The highest BCUT2D eigenvalue weighted by Gasteiger charge is 2.13. The summed E-state index contributed by atoms with van der Waals surface area (Å²) in [7, 11) is 1.53. The number of hydrogen-bond donors (Lipinski definition) is 1. The lowest BCUT2D eigenvalue weighted by Crippen LogP contribution is -1.95. The van der Waals surface area contributed by atoms with Crippen molar-refractivity contribution in [3.05, 3.63) is 34.7 Å². The van der Waals surface area contributed by atoms with E-state index < -0.39 is 5.97 Å². The quantitative estimate of drug-likeness (QED) is 0.888. The lowest BCUT2D eigenvalue weighted by molar-refractivity contribution is 0.0703. The van der Waals surface area contributed by atoms with Gasteiger partial charge in [0.25, 0.3) is 0 Å². The minimum atomic E-state index is -0.916. The zero-order valence-corrected chi connectivity index (χ0v) is 9.32. The second-order valence-electron chi connectivity index (χ2n) is 3.06. The molecule has 0 aliphatic rings. The fraction of sp³-hybridized carbons (Fsp3) is 0.0909. The Labute approximate surface area is 96.1 Å². The van der Waals surface area contributed by atoms with E-state index in [-0.39, 0.29) is 0 Å². The molecule has 2 aromatic heterocycles. The van der Waals surface area contributed by atoms with Gasteiger partial charge in [0.1, 0.15) is 4.88 Å². The minimum absolute atomic E-state index is 0.327. The zero-order chi connectivity index (χ0) is 11.5. The molecule has 2 heterocycles. The van der Waals surface area contributed by atoms with Crippen LogP contribution in [0.2, 0.25) is 0 Å². The van der Waals surface area contributed by atoms with Crippen molar-refractivity contribution in [2.24, 2.45) is 0 Å². The van der Waals surface area contributed by atoms with E-state index in [9.17, 15) is 4.79 Å². The third kappa shape index (κ3) is 1.90. The molecule has 0 aromatic carbocycles. The maximum atomic E-state index is 11.0. The normalized spacial score (nSPS) is 10.1. The average Bonchev–Trinajstić information content (AvgIpc) is 2.78. The van der Waals surface area contributed by atoms with Gasteiger partial charge in [0.05, 0.1) is 7.11 Å². The molecule has 0 aliphatic heterocycles. The first-order chi connectivity index (χ1) is 7.72. The molecule has 0 saturated carbocycles. The van der Waals surface area contributed by atoms with Gasteiger partial charge in [-0.05, 0) is 23.1 Å². The smallest absolute Gasteiger partial charge is 0.346 e. The molecule has 0 atom stereocenters. The van der Waals surface area contributed by atoms with E-state index in [1.807, 2.05) is 0 Å². The SMILES string of the molecule is COc1cc(-c2ccsc2C(=O)O)ccn1. The topological polar surface area (TPSA) is 59.4 Å². The maximum absolute atomic E-state index is 11.0. The summed E-state index contributed by atoms with van der Waals surface area (Å²) in [6.07, 6.45) is 1.59. The van der Waals surface area contributed by atoms with Crippen LogP contribution in [0.3, 0.4) is 0 Å². The fourth-order valence-corrected chi connectivity index (χ4v) is 2.14. The fourth-order valence-electron chi connectivity index (χ4n) is 1.39. The van der Waals surface area contributed by atoms with Crippen molar-refractivity contribution in [1.82, 2.24) is 4.98 Å². The monoisotopic (exact) mass is 235 g/mol. The van der Waals surface area contributed by atoms with E-state index in [1.54, 1.807) is 29.8 Å². The van der Waals surface area contributed by atoms with E-state index >= 15 is 0 Å². The minimum Gasteiger partial charge on any atom is -0.481 e. The van der Waals surface area contributed by atoms with Gasteiger partial charge in [0.15, 0.2) is 0 Å². The van der Waals surface area contributed by atoms with Crippen LogP contribution in [-0.4, -0.2) is 23.2 Å². The third-order valence-electron chi connectivity index (χ3n) is 2.11. The molecule has 0 aliphatic carbocycles. The Hall–Kier alpha value is -1.88. The molecule has 0 spiro atoms. The van der Waals surface area contributed by atoms with E-state index in [2.05, 4.69) is 4.98 Å². The van der Waals surface area contributed by atoms with Gasteiger partial charge in [0, 0.05) is 17.8 Å². The summed E-state index contributed by atoms with van der Waals surface area (Å²) in [6.45, 7) is 0. The number of carboxylic acids is 1. The van der Waals surface area contributed by atoms with E-state index in [4.69, 9.17) is 9.84 Å². The Balaban J connectivity index is 2.50. The van der Waals surface area contributed by atoms with E-state index in [0.717, 1.165) is 5.56 Å². The number of rotatable bonds is 3. The van der Waals surface area contributed by atoms with Gasteiger partial charge in [-0.2, -0.15) is 0 Å². The molecule has 0 fully saturated rings. The predicted molar refractivity (Wildman–Crippen MR) is 61.1 cm³/mol. The van der Waals surface area contributed by atoms with Crippen molar-refractivity contribution in [3.8, 4) is 17.0 Å². The molecule has 5 heteroatoms. The van der Waals surface area contributed by atoms with E-state index in [0.29, 0.717) is 16.3 Å². The first-order valence-corrected chi connectivity index (χ1v) is 5.41. The number of carboxylic acid groups (broad SMARTS) is 1. The largest absolute Gasteiger partial charge is 0.481 e. The van der Waals surface area contributed by atoms with Gasteiger partial charge in [0.2, 0.25) is 5.88 Å². The van der Waals surface area contributed by atoms with Crippen molar-refractivity contribution >= 4 is 17.3 Å². The number of hydrogen-bond acceptors (Lipinski definition) is 4. The molecule has 4 nitrogen and oxygen atoms in total. The van der Waals surface area contributed by atoms with Crippen molar-refractivity contribution in [2.75, 3.05) is 7.11 Å². The van der Waals surface area contributed by atoms with Crippen LogP contribution >= 0.6 is 11.3 Å². The number of thiophene rings is 1. The average molecular weight is 235 g/mol. The van der Waals surface area contributed by atoms with Crippen LogP contribution in [0, 0.1) is 0 Å². The number of pyridine rings is 1. The molecule has 0 unspecified atom stereocenters. The Morgan fingerprint density at radius 3 is 3.00 bits per heavy atom. The van der Waals surface area contributed by atoms with Crippen LogP contribution in [0.1, 0.15) is 9.67 Å². The van der Waals surface area contributed by atoms with Crippen molar-refractivity contribution < 1.29 is 14.6 Å². The highest BCUT2D eigenvalue weighted by Crippen LogP contribution is 2.29. The molecule has 0 saturated heterocycles. The van der Waals surface area contributed by atoms with Crippen LogP contribution in [0.15, 0.2) is 29.8 Å².